The number of carbonyl (C=O) groups excluding carboxylic acids is 1. The maximum Gasteiger partial charge on any atom is 0.222 e. The molecule has 2 aliphatic rings. The number of hydrogen-bond acceptors (Lipinski definition) is 3. The number of likely N-dealkylation sites (tertiary alicyclic amines) is 1. The number of halogens is 1. The Balaban J connectivity index is 0.00000225. The van der Waals surface area contributed by atoms with Gasteiger partial charge in [-0.25, -0.2) is 0 Å². The van der Waals surface area contributed by atoms with Crippen LogP contribution in [0, 0.1) is 5.92 Å². The standard InChI is InChI=1S/C20H30N2O2.ClH/c23-19(17-5-2-1-3-6-17)15-18-7-4-14-22(18)20(24)9-8-16-10-12-21-13-11-16;/h1-3,5-6,16,18-19,21,23H,4,7-15H2;1H. The first kappa shape index (κ1) is 20.2. The normalized spacial score (nSPS) is 22.4. The highest BCUT2D eigenvalue weighted by atomic mass is 35.5. The van der Waals surface area contributed by atoms with Crippen molar-refractivity contribution in [2.24, 2.45) is 5.92 Å². The molecule has 1 aromatic carbocycles. The topological polar surface area (TPSA) is 52.6 Å². The molecule has 0 spiro atoms. The summed E-state index contributed by atoms with van der Waals surface area (Å²) >= 11 is 0. The Labute approximate surface area is 157 Å². The summed E-state index contributed by atoms with van der Waals surface area (Å²) in [5.41, 5.74) is 0.950. The van der Waals surface area contributed by atoms with Crippen LogP contribution in [-0.4, -0.2) is 41.6 Å². The van der Waals surface area contributed by atoms with Gasteiger partial charge >= 0.3 is 0 Å². The van der Waals surface area contributed by atoms with E-state index < -0.39 is 6.10 Å². The summed E-state index contributed by atoms with van der Waals surface area (Å²) in [6, 6.07) is 9.99. The molecule has 2 N–H and O–H groups in total. The molecule has 1 aromatic rings. The van der Waals surface area contributed by atoms with E-state index in [2.05, 4.69) is 5.32 Å². The van der Waals surface area contributed by atoms with E-state index in [4.69, 9.17) is 0 Å². The molecule has 2 aliphatic heterocycles. The fourth-order valence-electron chi connectivity index (χ4n) is 4.12. The monoisotopic (exact) mass is 366 g/mol. The van der Waals surface area contributed by atoms with E-state index in [-0.39, 0.29) is 24.4 Å². The number of aliphatic hydroxyl groups is 1. The second-order valence-corrected chi connectivity index (χ2v) is 7.28. The predicted molar refractivity (Wildman–Crippen MR) is 103 cm³/mol. The van der Waals surface area contributed by atoms with Gasteiger partial charge < -0.3 is 15.3 Å². The van der Waals surface area contributed by atoms with Gasteiger partial charge in [-0.05, 0) is 63.1 Å². The third-order valence-electron chi connectivity index (χ3n) is 5.60. The van der Waals surface area contributed by atoms with Crippen LogP contribution < -0.4 is 5.32 Å². The first-order valence-corrected chi connectivity index (χ1v) is 9.47. The van der Waals surface area contributed by atoms with Gasteiger partial charge in [-0.3, -0.25) is 4.79 Å². The van der Waals surface area contributed by atoms with Crippen molar-refractivity contribution in [3.63, 3.8) is 0 Å². The van der Waals surface area contributed by atoms with E-state index in [1.165, 1.54) is 12.8 Å². The lowest BCUT2D eigenvalue weighted by molar-refractivity contribution is -0.132. The molecule has 2 atom stereocenters. The third-order valence-corrected chi connectivity index (χ3v) is 5.60. The fraction of sp³-hybridized carbons (Fsp3) is 0.650. The summed E-state index contributed by atoms with van der Waals surface area (Å²) in [6.45, 7) is 3.04. The molecule has 0 saturated carbocycles. The fourth-order valence-corrected chi connectivity index (χ4v) is 4.12. The Kier molecular flexibility index (Phi) is 8.20. The van der Waals surface area contributed by atoms with E-state index in [0.717, 1.165) is 44.5 Å². The molecule has 2 fully saturated rings. The van der Waals surface area contributed by atoms with Gasteiger partial charge in [0, 0.05) is 19.0 Å². The van der Waals surface area contributed by atoms with E-state index in [1.54, 1.807) is 0 Å². The molecule has 3 rings (SSSR count). The molecule has 2 unspecified atom stereocenters. The van der Waals surface area contributed by atoms with Gasteiger partial charge in [0.05, 0.1) is 6.10 Å². The van der Waals surface area contributed by atoms with Crippen molar-refractivity contribution >= 4 is 18.3 Å². The number of nitrogens with zero attached hydrogens (tertiary/aromatic N) is 1. The van der Waals surface area contributed by atoms with Crippen molar-refractivity contribution < 1.29 is 9.90 Å². The Morgan fingerprint density at radius 3 is 2.64 bits per heavy atom. The highest BCUT2D eigenvalue weighted by Gasteiger charge is 2.30. The number of benzene rings is 1. The summed E-state index contributed by atoms with van der Waals surface area (Å²) in [6.07, 6.45) is 6.34. The first-order valence-electron chi connectivity index (χ1n) is 9.47. The van der Waals surface area contributed by atoms with Gasteiger partial charge in [-0.1, -0.05) is 30.3 Å². The molecule has 25 heavy (non-hydrogen) atoms. The van der Waals surface area contributed by atoms with Crippen LogP contribution in [0.15, 0.2) is 30.3 Å². The van der Waals surface area contributed by atoms with Gasteiger partial charge in [0.15, 0.2) is 0 Å². The number of rotatable bonds is 6. The summed E-state index contributed by atoms with van der Waals surface area (Å²) in [7, 11) is 0. The highest BCUT2D eigenvalue weighted by molar-refractivity contribution is 5.85. The molecular formula is C20H31ClN2O2. The van der Waals surface area contributed by atoms with Gasteiger partial charge in [-0.15, -0.1) is 12.4 Å². The summed E-state index contributed by atoms with van der Waals surface area (Å²) in [4.78, 5) is 14.7. The molecule has 4 nitrogen and oxygen atoms in total. The molecule has 1 amide bonds. The van der Waals surface area contributed by atoms with Gasteiger partial charge in [0.1, 0.15) is 0 Å². The van der Waals surface area contributed by atoms with Gasteiger partial charge in [0.25, 0.3) is 0 Å². The Morgan fingerprint density at radius 2 is 1.92 bits per heavy atom. The SMILES string of the molecule is Cl.O=C(CCC1CCNCC1)N1CCCC1CC(O)c1ccccc1. The Hall–Kier alpha value is -1.10. The third kappa shape index (κ3) is 5.70. The molecular weight excluding hydrogens is 336 g/mol. The maximum absolute atomic E-state index is 12.6. The smallest absolute Gasteiger partial charge is 0.222 e. The van der Waals surface area contributed by atoms with Crippen LogP contribution in [-0.2, 0) is 4.79 Å². The molecule has 0 aromatic heterocycles. The van der Waals surface area contributed by atoms with E-state index in [1.807, 2.05) is 35.2 Å². The van der Waals surface area contributed by atoms with Crippen molar-refractivity contribution in [2.45, 2.75) is 57.1 Å². The average molecular weight is 367 g/mol. The van der Waals surface area contributed by atoms with E-state index in [9.17, 15) is 9.90 Å². The van der Waals surface area contributed by atoms with Crippen molar-refractivity contribution in [1.29, 1.82) is 0 Å². The van der Waals surface area contributed by atoms with E-state index in [0.29, 0.717) is 18.8 Å². The zero-order valence-corrected chi connectivity index (χ0v) is 15.7. The molecule has 2 saturated heterocycles. The number of aliphatic hydroxyl groups excluding tert-OH is 1. The number of amides is 1. The van der Waals surface area contributed by atoms with Crippen molar-refractivity contribution in [3.8, 4) is 0 Å². The van der Waals surface area contributed by atoms with Gasteiger partial charge in [0.2, 0.25) is 5.91 Å². The zero-order chi connectivity index (χ0) is 16.8. The lowest BCUT2D eigenvalue weighted by Crippen LogP contribution is -2.37. The second kappa shape index (κ2) is 10.1. The van der Waals surface area contributed by atoms with Crippen LogP contribution in [0.2, 0.25) is 0 Å². The zero-order valence-electron chi connectivity index (χ0n) is 14.9. The summed E-state index contributed by atoms with van der Waals surface area (Å²) < 4.78 is 0. The minimum atomic E-state index is -0.478. The highest BCUT2D eigenvalue weighted by Crippen LogP contribution is 2.28. The molecule has 5 heteroatoms. The lowest BCUT2D eigenvalue weighted by atomic mass is 9.93. The van der Waals surface area contributed by atoms with Crippen LogP contribution in [0.3, 0.4) is 0 Å². The molecule has 140 valence electrons. The van der Waals surface area contributed by atoms with Crippen LogP contribution in [0.1, 0.15) is 56.6 Å². The predicted octanol–water partition coefficient (Wildman–Crippen LogP) is 3.30. The minimum Gasteiger partial charge on any atom is -0.388 e. The number of nitrogens with one attached hydrogen (secondary N) is 1. The van der Waals surface area contributed by atoms with Crippen LogP contribution >= 0.6 is 12.4 Å². The van der Waals surface area contributed by atoms with Crippen molar-refractivity contribution in [1.82, 2.24) is 10.2 Å². The lowest BCUT2D eigenvalue weighted by Gasteiger charge is -2.28. The van der Waals surface area contributed by atoms with Crippen LogP contribution in [0.5, 0.6) is 0 Å². The van der Waals surface area contributed by atoms with Crippen LogP contribution in [0.25, 0.3) is 0 Å². The summed E-state index contributed by atoms with van der Waals surface area (Å²) in [5.74, 6) is 0.988. The molecule has 2 heterocycles. The van der Waals surface area contributed by atoms with Crippen LogP contribution in [0.4, 0.5) is 0 Å². The largest absolute Gasteiger partial charge is 0.388 e. The second-order valence-electron chi connectivity index (χ2n) is 7.28. The quantitative estimate of drug-likeness (QED) is 0.812. The first-order chi connectivity index (χ1) is 11.7. The minimum absolute atomic E-state index is 0. The molecule has 0 radical (unpaired) electrons. The average Bonchev–Trinajstić information content (AvgIpc) is 3.09. The number of piperidine rings is 1. The Morgan fingerprint density at radius 1 is 1.20 bits per heavy atom. The Bertz CT molecular complexity index is 520. The molecule has 0 bridgehead atoms. The number of carbonyl (C=O) groups is 1. The maximum atomic E-state index is 12.6. The number of hydrogen-bond donors (Lipinski definition) is 2. The summed E-state index contributed by atoms with van der Waals surface area (Å²) in [5, 5.41) is 13.8. The van der Waals surface area contributed by atoms with Gasteiger partial charge in [-0.2, -0.15) is 0 Å². The van der Waals surface area contributed by atoms with E-state index >= 15 is 0 Å². The molecule has 0 aliphatic carbocycles. The van der Waals surface area contributed by atoms with Crippen molar-refractivity contribution in [3.05, 3.63) is 35.9 Å². The van der Waals surface area contributed by atoms with Crippen molar-refractivity contribution in [2.75, 3.05) is 19.6 Å².